The van der Waals surface area contributed by atoms with Crippen molar-refractivity contribution in [2.75, 3.05) is 12.9 Å². The standard InChI is InChI=1S/C10H11NO2S.ClH/c1-14-8-4-2-7(3-5-8)9-6-13-10(12)11-9;/h2-5,9H,6H2,1H3,(H,11,12);1H/t9-;/m0./s1. The molecule has 0 bridgehead atoms. The van der Waals surface area contributed by atoms with Crippen LogP contribution in [0.3, 0.4) is 0 Å². The number of ether oxygens (including phenoxy) is 1. The molecular formula is C10H12ClNO2S. The molecule has 1 fully saturated rings. The Morgan fingerprint density at radius 1 is 1.40 bits per heavy atom. The number of hydrogen-bond donors (Lipinski definition) is 1. The summed E-state index contributed by atoms with van der Waals surface area (Å²) in [7, 11) is 0. The number of halogens is 1. The van der Waals surface area contributed by atoms with Gasteiger partial charge >= 0.3 is 6.09 Å². The van der Waals surface area contributed by atoms with Crippen LogP contribution in [0.25, 0.3) is 0 Å². The van der Waals surface area contributed by atoms with E-state index in [9.17, 15) is 4.79 Å². The number of nitrogens with one attached hydrogen (secondary N) is 1. The molecule has 1 aliphatic heterocycles. The number of benzene rings is 1. The van der Waals surface area contributed by atoms with E-state index < -0.39 is 0 Å². The third-order valence-corrected chi connectivity index (χ3v) is 2.93. The van der Waals surface area contributed by atoms with Crippen molar-refractivity contribution in [3.63, 3.8) is 0 Å². The van der Waals surface area contributed by atoms with Gasteiger partial charge in [-0.2, -0.15) is 0 Å². The van der Waals surface area contributed by atoms with Crippen molar-refractivity contribution in [1.29, 1.82) is 0 Å². The van der Waals surface area contributed by atoms with E-state index in [1.165, 1.54) is 4.90 Å². The van der Waals surface area contributed by atoms with Crippen molar-refractivity contribution in [1.82, 2.24) is 5.32 Å². The molecule has 1 atom stereocenters. The van der Waals surface area contributed by atoms with Crippen molar-refractivity contribution in [3.8, 4) is 0 Å². The van der Waals surface area contributed by atoms with Gasteiger partial charge in [-0.25, -0.2) is 4.79 Å². The first-order valence-electron chi connectivity index (χ1n) is 4.37. The molecule has 0 saturated carbocycles. The summed E-state index contributed by atoms with van der Waals surface area (Å²) in [6, 6.07) is 8.14. The van der Waals surface area contributed by atoms with E-state index in [1.54, 1.807) is 11.8 Å². The Morgan fingerprint density at radius 3 is 2.53 bits per heavy atom. The Labute approximate surface area is 99.0 Å². The maximum Gasteiger partial charge on any atom is 0.407 e. The lowest BCUT2D eigenvalue weighted by Gasteiger charge is -2.07. The SMILES string of the molecule is CSc1ccc([C@@H]2COC(=O)N2)cc1.Cl. The number of carbonyl (C=O) groups is 1. The van der Waals surface area contributed by atoms with Crippen molar-refractivity contribution in [2.24, 2.45) is 0 Å². The van der Waals surface area contributed by atoms with E-state index in [0.717, 1.165) is 5.56 Å². The van der Waals surface area contributed by atoms with E-state index >= 15 is 0 Å². The van der Waals surface area contributed by atoms with Gasteiger partial charge in [-0.15, -0.1) is 24.2 Å². The molecule has 0 unspecified atom stereocenters. The zero-order valence-electron chi connectivity index (χ0n) is 8.23. The van der Waals surface area contributed by atoms with Gasteiger partial charge < -0.3 is 10.1 Å². The molecule has 0 aromatic heterocycles. The Hall–Kier alpha value is -0.870. The van der Waals surface area contributed by atoms with Crippen molar-refractivity contribution < 1.29 is 9.53 Å². The maximum atomic E-state index is 10.8. The fourth-order valence-electron chi connectivity index (χ4n) is 1.40. The van der Waals surface area contributed by atoms with E-state index in [-0.39, 0.29) is 24.5 Å². The number of hydrogen-bond acceptors (Lipinski definition) is 3. The van der Waals surface area contributed by atoms with Gasteiger partial charge in [0.05, 0.1) is 6.04 Å². The van der Waals surface area contributed by atoms with Crippen LogP contribution < -0.4 is 5.32 Å². The average Bonchev–Trinajstić information content (AvgIpc) is 2.65. The second-order valence-corrected chi connectivity index (χ2v) is 3.95. The predicted octanol–water partition coefficient (Wildman–Crippen LogP) is 2.61. The predicted molar refractivity (Wildman–Crippen MR) is 62.7 cm³/mol. The smallest absolute Gasteiger partial charge is 0.407 e. The molecule has 2 rings (SSSR count). The second-order valence-electron chi connectivity index (χ2n) is 3.07. The monoisotopic (exact) mass is 245 g/mol. The third-order valence-electron chi connectivity index (χ3n) is 2.19. The molecule has 3 nitrogen and oxygen atoms in total. The number of rotatable bonds is 2. The van der Waals surface area contributed by atoms with Gasteiger partial charge in [0.25, 0.3) is 0 Å². The zero-order valence-corrected chi connectivity index (χ0v) is 9.86. The molecule has 82 valence electrons. The van der Waals surface area contributed by atoms with E-state index in [4.69, 9.17) is 4.74 Å². The molecular weight excluding hydrogens is 234 g/mol. The third kappa shape index (κ3) is 2.79. The van der Waals surface area contributed by atoms with Gasteiger partial charge in [0.1, 0.15) is 6.61 Å². The fraction of sp³-hybridized carbons (Fsp3) is 0.300. The molecule has 1 aromatic carbocycles. The summed E-state index contributed by atoms with van der Waals surface area (Å²) in [5.41, 5.74) is 1.09. The van der Waals surface area contributed by atoms with Gasteiger partial charge in [-0.05, 0) is 24.0 Å². The molecule has 1 N–H and O–H groups in total. The van der Waals surface area contributed by atoms with Crippen molar-refractivity contribution in [2.45, 2.75) is 10.9 Å². The molecule has 5 heteroatoms. The number of alkyl carbamates (subject to hydrolysis) is 1. The van der Waals surface area contributed by atoms with E-state index in [0.29, 0.717) is 6.61 Å². The zero-order chi connectivity index (χ0) is 9.97. The van der Waals surface area contributed by atoms with Crippen LogP contribution in [-0.2, 0) is 4.74 Å². The lowest BCUT2D eigenvalue weighted by Crippen LogP contribution is -2.18. The molecule has 0 radical (unpaired) electrons. The normalized spacial score (nSPS) is 19.0. The van der Waals surface area contributed by atoms with Crippen LogP contribution in [-0.4, -0.2) is 19.0 Å². The van der Waals surface area contributed by atoms with Crippen LogP contribution in [0.5, 0.6) is 0 Å². The Morgan fingerprint density at radius 2 is 2.07 bits per heavy atom. The van der Waals surface area contributed by atoms with Crippen LogP contribution in [0.2, 0.25) is 0 Å². The summed E-state index contributed by atoms with van der Waals surface area (Å²) < 4.78 is 4.82. The van der Waals surface area contributed by atoms with E-state index in [1.807, 2.05) is 30.5 Å². The highest BCUT2D eigenvalue weighted by atomic mass is 35.5. The summed E-state index contributed by atoms with van der Waals surface area (Å²) in [4.78, 5) is 12.0. The molecule has 0 spiro atoms. The largest absolute Gasteiger partial charge is 0.447 e. The summed E-state index contributed by atoms with van der Waals surface area (Å²) >= 11 is 1.70. The molecule has 15 heavy (non-hydrogen) atoms. The summed E-state index contributed by atoms with van der Waals surface area (Å²) in [6.07, 6.45) is 1.71. The van der Waals surface area contributed by atoms with Crippen LogP contribution in [0.1, 0.15) is 11.6 Å². The van der Waals surface area contributed by atoms with Crippen molar-refractivity contribution in [3.05, 3.63) is 29.8 Å². The lowest BCUT2D eigenvalue weighted by atomic mass is 10.1. The molecule has 1 amide bonds. The van der Waals surface area contributed by atoms with Crippen LogP contribution in [0.15, 0.2) is 29.2 Å². The van der Waals surface area contributed by atoms with Crippen LogP contribution in [0.4, 0.5) is 4.79 Å². The highest BCUT2D eigenvalue weighted by Crippen LogP contribution is 2.21. The first-order valence-corrected chi connectivity index (χ1v) is 5.59. The summed E-state index contributed by atoms with van der Waals surface area (Å²) in [5.74, 6) is 0. The molecule has 1 saturated heterocycles. The quantitative estimate of drug-likeness (QED) is 0.814. The maximum absolute atomic E-state index is 10.8. The molecule has 1 heterocycles. The minimum absolute atomic E-state index is 0. The first-order chi connectivity index (χ1) is 6.79. The first kappa shape index (κ1) is 12.2. The second kappa shape index (κ2) is 5.28. The van der Waals surface area contributed by atoms with E-state index in [2.05, 4.69) is 5.32 Å². The highest BCUT2D eigenvalue weighted by Gasteiger charge is 2.23. The van der Waals surface area contributed by atoms with Gasteiger partial charge in [0.15, 0.2) is 0 Å². The Bertz CT molecular complexity index is 342. The summed E-state index contributed by atoms with van der Waals surface area (Å²) in [5, 5.41) is 2.74. The minimum Gasteiger partial charge on any atom is -0.447 e. The fourth-order valence-corrected chi connectivity index (χ4v) is 1.81. The number of cyclic esters (lactones) is 1. The van der Waals surface area contributed by atoms with Gasteiger partial charge in [0, 0.05) is 4.90 Å². The average molecular weight is 246 g/mol. The minimum atomic E-state index is -0.330. The van der Waals surface area contributed by atoms with Gasteiger partial charge in [0.2, 0.25) is 0 Å². The van der Waals surface area contributed by atoms with Crippen LogP contribution in [0, 0.1) is 0 Å². The highest BCUT2D eigenvalue weighted by molar-refractivity contribution is 7.98. The Balaban J connectivity index is 0.00000112. The van der Waals surface area contributed by atoms with Crippen molar-refractivity contribution >= 4 is 30.3 Å². The van der Waals surface area contributed by atoms with Crippen LogP contribution >= 0.6 is 24.2 Å². The molecule has 1 aliphatic rings. The van der Waals surface area contributed by atoms with Gasteiger partial charge in [-0.3, -0.25) is 0 Å². The number of amides is 1. The topological polar surface area (TPSA) is 38.3 Å². The Kier molecular flexibility index (Phi) is 4.29. The summed E-state index contributed by atoms with van der Waals surface area (Å²) in [6.45, 7) is 0.428. The molecule has 0 aliphatic carbocycles. The lowest BCUT2D eigenvalue weighted by molar-refractivity contribution is 0.177. The molecule has 1 aromatic rings. The number of carbonyl (C=O) groups excluding carboxylic acids is 1. The van der Waals surface area contributed by atoms with Gasteiger partial charge in [-0.1, -0.05) is 12.1 Å². The number of thioether (sulfide) groups is 1.